The van der Waals surface area contributed by atoms with Crippen LogP contribution in [0.15, 0.2) is 6.20 Å². The lowest BCUT2D eigenvalue weighted by Gasteiger charge is -2.36. The summed E-state index contributed by atoms with van der Waals surface area (Å²) in [6, 6.07) is 0. The highest BCUT2D eigenvalue weighted by atomic mass is 32.1. The molecule has 3 heterocycles. The normalized spacial score (nSPS) is 30.0. The van der Waals surface area contributed by atoms with E-state index in [1.165, 1.54) is 61.9 Å². The third-order valence-corrected chi connectivity index (χ3v) is 5.71. The van der Waals surface area contributed by atoms with E-state index in [9.17, 15) is 0 Å². The van der Waals surface area contributed by atoms with Gasteiger partial charge in [-0.1, -0.05) is 6.92 Å². The van der Waals surface area contributed by atoms with Crippen molar-refractivity contribution >= 4 is 11.3 Å². The zero-order valence-electron chi connectivity index (χ0n) is 12.1. The number of nitrogens with zero attached hydrogens (tertiary/aromatic N) is 2. The van der Waals surface area contributed by atoms with Crippen LogP contribution in [0, 0.1) is 12.3 Å². The Balaban J connectivity index is 1.52. The van der Waals surface area contributed by atoms with E-state index in [2.05, 4.69) is 29.0 Å². The Morgan fingerprint density at radius 3 is 2.84 bits per heavy atom. The molecule has 1 atom stereocenters. The molecule has 106 valence electrons. The van der Waals surface area contributed by atoms with Crippen LogP contribution in [0.3, 0.4) is 0 Å². The Morgan fingerprint density at radius 2 is 2.26 bits per heavy atom. The number of nitrogens with one attached hydrogen (secondary N) is 1. The van der Waals surface area contributed by atoms with Crippen molar-refractivity contribution in [2.75, 3.05) is 32.7 Å². The third kappa shape index (κ3) is 3.18. The Kier molecular flexibility index (Phi) is 3.92. The average molecular weight is 279 g/mol. The number of likely N-dealkylation sites (tertiary alicyclic amines) is 1. The van der Waals surface area contributed by atoms with Crippen LogP contribution in [0.25, 0.3) is 0 Å². The van der Waals surface area contributed by atoms with Crippen molar-refractivity contribution < 1.29 is 0 Å². The van der Waals surface area contributed by atoms with E-state index >= 15 is 0 Å². The Bertz CT molecular complexity index is 415. The molecule has 19 heavy (non-hydrogen) atoms. The summed E-state index contributed by atoms with van der Waals surface area (Å²) in [6.45, 7) is 10.7. The maximum atomic E-state index is 4.57. The lowest BCUT2D eigenvalue weighted by Crippen LogP contribution is -2.41. The molecular weight excluding hydrogens is 254 g/mol. The van der Waals surface area contributed by atoms with Crippen LogP contribution in [0.1, 0.15) is 42.0 Å². The number of piperidine rings is 1. The maximum absolute atomic E-state index is 4.57. The van der Waals surface area contributed by atoms with E-state index in [1.807, 2.05) is 17.5 Å². The number of aryl methyl sites for hydroxylation is 1. The van der Waals surface area contributed by atoms with Gasteiger partial charge >= 0.3 is 0 Å². The zero-order valence-corrected chi connectivity index (χ0v) is 12.9. The summed E-state index contributed by atoms with van der Waals surface area (Å²) in [6.07, 6.45) is 5.93. The number of hydrogen-bond acceptors (Lipinski definition) is 4. The molecule has 0 aliphatic carbocycles. The molecule has 0 aromatic carbocycles. The molecule has 0 saturated carbocycles. The fourth-order valence-corrected chi connectivity index (χ4v) is 4.39. The Labute approximate surface area is 120 Å². The average Bonchev–Trinajstić information content (AvgIpc) is 3.00. The van der Waals surface area contributed by atoms with Gasteiger partial charge in [-0.2, -0.15) is 0 Å². The Morgan fingerprint density at radius 1 is 1.47 bits per heavy atom. The molecule has 3 rings (SSSR count). The smallest absolute Gasteiger partial charge is 0.0959 e. The maximum Gasteiger partial charge on any atom is 0.0959 e. The van der Waals surface area contributed by atoms with E-state index in [0.717, 1.165) is 0 Å². The monoisotopic (exact) mass is 279 g/mol. The number of hydrogen-bond donors (Lipinski definition) is 1. The fourth-order valence-electron chi connectivity index (χ4n) is 3.44. The second-order valence-electron chi connectivity index (χ2n) is 6.60. The molecule has 0 amide bonds. The third-order valence-electron chi connectivity index (χ3n) is 4.64. The first kappa shape index (κ1) is 13.5. The molecule has 2 aliphatic heterocycles. The van der Waals surface area contributed by atoms with E-state index in [1.54, 1.807) is 0 Å². The van der Waals surface area contributed by atoms with Crippen molar-refractivity contribution in [1.29, 1.82) is 0 Å². The SMILES string of the molecule is Cc1cnc(C2CCN(CC3(C)CCNC3)CC2)s1. The van der Waals surface area contributed by atoms with Crippen molar-refractivity contribution in [3.63, 3.8) is 0 Å². The molecule has 1 aromatic heterocycles. The summed E-state index contributed by atoms with van der Waals surface area (Å²) in [5.41, 5.74) is 0.505. The van der Waals surface area contributed by atoms with E-state index in [-0.39, 0.29) is 0 Å². The van der Waals surface area contributed by atoms with Gasteiger partial charge in [0, 0.05) is 30.1 Å². The molecule has 0 spiro atoms. The van der Waals surface area contributed by atoms with Crippen LogP contribution in [0.4, 0.5) is 0 Å². The van der Waals surface area contributed by atoms with Crippen LogP contribution in [0.5, 0.6) is 0 Å². The van der Waals surface area contributed by atoms with Gasteiger partial charge in [0.15, 0.2) is 0 Å². The van der Waals surface area contributed by atoms with Crippen molar-refractivity contribution in [2.24, 2.45) is 5.41 Å². The lowest BCUT2D eigenvalue weighted by molar-refractivity contribution is 0.144. The molecular formula is C15H25N3S. The minimum Gasteiger partial charge on any atom is -0.316 e. The molecule has 1 N–H and O–H groups in total. The van der Waals surface area contributed by atoms with Crippen molar-refractivity contribution in [3.05, 3.63) is 16.1 Å². The molecule has 0 radical (unpaired) electrons. The van der Waals surface area contributed by atoms with Gasteiger partial charge in [0.2, 0.25) is 0 Å². The van der Waals surface area contributed by atoms with E-state index in [0.29, 0.717) is 11.3 Å². The van der Waals surface area contributed by atoms with Crippen molar-refractivity contribution in [3.8, 4) is 0 Å². The summed E-state index contributed by atoms with van der Waals surface area (Å²) < 4.78 is 0. The summed E-state index contributed by atoms with van der Waals surface area (Å²) in [7, 11) is 0. The van der Waals surface area contributed by atoms with Crippen LogP contribution in [0.2, 0.25) is 0 Å². The number of thiazole rings is 1. The van der Waals surface area contributed by atoms with Crippen LogP contribution in [-0.2, 0) is 0 Å². The van der Waals surface area contributed by atoms with Crippen LogP contribution >= 0.6 is 11.3 Å². The second kappa shape index (κ2) is 5.51. The van der Waals surface area contributed by atoms with Gasteiger partial charge in [-0.15, -0.1) is 11.3 Å². The summed E-state index contributed by atoms with van der Waals surface area (Å²) >= 11 is 1.89. The van der Waals surface area contributed by atoms with Gasteiger partial charge < -0.3 is 10.2 Å². The highest BCUT2D eigenvalue weighted by Crippen LogP contribution is 2.33. The molecule has 2 fully saturated rings. The quantitative estimate of drug-likeness (QED) is 0.922. The van der Waals surface area contributed by atoms with E-state index in [4.69, 9.17) is 0 Å². The molecule has 2 aliphatic rings. The highest BCUT2D eigenvalue weighted by molar-refractivity contribution is 7.11. The van der Waals surface area contributed by atoms with Crippen molar-refractivity contribution in [2.45, 2.75) is 39.0 Å². The number of aromatic nitrogens is 1. The van der Waals surface area contributed by atoms with Gasteiger partial charge in [0.25, 0.3) is 0 Å². The van der Waals surface area contributed by atoms with Crippen LogP contribution in [-0.4, -0.2) is 42.6 Å². The first-order chi connectivity index (χ1) is 9.15. The molecule has 3 nitrogen and oxygen atoms in total. The molecule has 4 heteroatoms. The Hall–Kier alpha value is -0.450. The minimum atomic E-state index is 0.505. The minimum absolute atomic E-state index is 0.505. The molecule has 1 aromatic rings. The van der Waals surface area contributed by atoms with Crippen molar-refractivity contribution in [1.82, 2.24) is 15.2 Å². The number of rotatable bonds is 3. The first-order valence-electron chi connectivity index (χ1n) is 7.50. The summed E-state index contributed by atoms with van der Waals surface area (Å²) in [4.78, 5) is 8.59. The largest absolute Gasteiger partial charge is 0.316 e. The predicted octanol–water partition coefficient (Wildman–Crippen LogP) is 2.63. The first-order valence-corrected chi connectivity index (χ1v) is 8.32. The van der Waals surface area contributed by atoms with Gasteiger partial charge in [0.05, 0.1) is 5.01 Å². The standard InChI is InChI=1S/C15H25N3S/c1-12-9-17-14(19-12)13-3-7-18(8-4-13)11-15(2)5-6-16-10-15/h9,13,16H,3-8,10-11H2,1-2H3. The summed E-state index contributed by atoms with van der Waals surface area (Å²) in [5, 5.41) is 4.87. The van der Waals surface area contributed by atoms with E-state index < -0.39 is 0 Å². The second-order valence-corrected chi connectivity index (χ2v) is 7.86. The highest BCUT2D eigenvalue weighted by Gasteiger charge is 2.32. The topological polar surface area (TPSA) is 28.2 Å². The summed E-state index contributed by atoms with van der Waals surface area (Å²) in [5.74, 6) is 0.712. The fraction of sp³-hybridized carbons (Fsp3) is 0.800. The van der Waals surface area contributed by atoms with Crippen LogP contribution < -0.4 is 5.32 Å². The van der Waals surface area contributed by atoms with Gasteiger partial charge in [-0.3, -0.25) is 0 Å². The van der Waals surface area contributed by atoms with Gasteiger partial charge in [0.1, 0.15) is 0 Å². The lowest BCUT2D eigenvalue weighted by atomic mass is 9.87. The van der Waals surface area contributed by atoms with Gasteiger partial charge in [-0.25, -0.2) is 4.98 Å². The molecule has 0 bridgehead atoms. The molecule has 2 saturated heterocycles. The van der Waals surface area contributed by atoms with Gasteiger partial charge in [-0.05, 0) is 51.2 Å². The zero-order chi connectivity index (χ0) is 13.3. The molecule has 1 unspecified atom stereocenters. The predicted molar refractivity (Wildman–Crippen MR) is 80.9 cm³/mol.